The fourth-order valence-electron chi connectivity index (χ4n) is 5.18. The van der Waals surface area contributed by atoms with Gasteiger partial charge >= 0.3 is 12.1 Å². The molecule has 1 aliphatic heterocycles. The number of benzene rings is 2. The zero-order valence-corrected chi connectivity index (χ0v) is 18.2. The van der Waals surface area contributed by atoms with Crippen molar-refractivity contribution in [1.82, 2.24) is 10.2 Å². The van der Waals surface area contributed by atoms with Crippen molar-refractivity contribution in [2.45, 2.75) is 18.3 Å². The SMILES string of the molecule is O=C(NCC1C(C(=O)N2CCC(C(=O)O)C2)C1(F)F)OCC1c2ccccc2-c2ccccc21. The van der Waals surface area contributed by atoms with Gasteiger partial charge in [0, 0.05) is 25.6 Å². The third-order valence-electron chi connectivity index (χ3n) is 7.13. The number of fused-ring (bicyclic) bond motifs is 3. The number of hydrogen-bond acceptors (Lipinski definition) is 4. The van der Waals surface area contributed by atoms with Gasteiger partial charge in [-0.05, 0) is 28.7 Å². The van der Waals surface area contributed by atoms with Crippen LogP contribution in [0.5, 0.6) is 0 Å². The van der Waals surface area contributed by atoms with Crippen LogP contribution in [-0.2, 0) is 14.3 Å². The topological polar surface area (TPSA) is 95.9 Å². The maximum Gasteiger partial charge on any atom is 0.407 e. The second kappa shape index (κ2) is 8.38. The lowest BCUT2D eigenvalue weighted by atomic mass is 9.98. The van der Waals surface area contributed by atoms with E-state index in [4.69, 9.17) is 9.84 Å². The number of carbonyl (C=O) groups is 3. The highest BCUT2D eigenvalue weighted by Crippen LogP contribution is 2.56. The van der Waals surface area contributed by atoms with E-state index in [1.807, 2.05) is 48.5 Å². The van der Waals surface area contributed by atoms with E-state index in [1.165, 1.54) is 4.90 Å². The highest BCUT2D eigenvalue weighted by atomic mass is 19.3. The van der Waals surface area contributed by atoms with Gasteiger partial charge in [0.05, 0.1) is 11.8 Å². The molecule has 2 amide bonds. The first-order valence-electron chi connectivity index (χ1n) is 11.3. The molecule has 7 nitrogen and oxygen atoms in total. The molecule has 9 heteroatoms. The third-order valence-corrected chi connectivity index (χ3v) is 7.13. The molecule has 178 valence electrons. The number of halogens is 2. The number of rotatable bonds is 6. The van der Waals surface area contributed by atoms with Crippen molar-refractivity contribution >= 4 is 18.0 Å². The summed E-state index contributed by atoms with van der Waals surface area (Å²) in [6, 6.07) is 15.7. The monoisotopic (exact) mass is 470 g/mol. The molecule has 0 radical (unpaired) electrons. The Morgan fingerprint density at radius 1 is 1.06 bits per heavy atom. The van der Waals surface area contributed by atoms with Crippen LogP contribution >= 0.6 is 0 Å². The maximum absolute atomic E-state index is 14.3. The molecular formula is C25H24F2N2O5. The Bertz CT molecular complexity index is 1110. The van der Waals surface area contributed by atoms with Crippen molar-refractivity contribution in [3.05, 3.63) is 59.7 Å². The highest BCUT2D eigenvalue weighted by Gasteiger charge is 2.72. The van der Waals surface area contributed by atoms with Crippen molar-refractivity contribution in [1.29, 1.82) is 0 Å². The molecule has 34 heavy (non-hydrogen) atoms. The Morgan fingerprint density at radius 2 is 1.68 bits per heavy atom. The number of hydrogen-bond donors (Lipinski definition) is 2. The van der Waals surface area contributed by atoms with Gasteiger partial charge in [-0.15, -0.1) is 0 Å². The fraction of sp³-hybridized carbons (Fsp3) is 0.400. The Kier molecular flexibility index (Phi) is 5.50. The van der Waals surface area contributed by atoms with Gasteiger partial charge in [-0.25, -0.2) is 13.6 Å². The van der Waals surface area contributed by atoms with Gasteiger partial charge in [0.15, 0.2) is 0 Å². The lowest BCUT2D eigenvalue weighted by Gasteiger charge is -2.15. The molecule has 1 saturated carbocycles. The van der Waals surface area contributed by atoms with E-state index in [0.717, 1.165) is 22.3 Å². The lowest BCUT2D eigenvalue weighted by molar-refractivity contribution is -0.141. The zero-order valence-electron chi connectivity index (χ0n) is 18.2. The van der Waals surface area contributed by atoms with E-state index in [-0.39, 0.29) is 32.0 Å². The summed E-state index contributed by atoms with van der Waals surface area (Å²) in [5.74, 6) is -8.78. The minimum atomic E-state index is -3.24. The molecule has 3 atom stereocenters. The molecule has 3 aliphatic rings. The average molecular weight is 470 g/mol. The summed E-state index contributed by atoms with van der Waals surface area (Å²) in [4.78, 5) is 37.0. The molecule has 3 unspecified atom stereocenters. The minimum Gasteiger partial charge on any atom is -0.481 e. The molecule has 2 aliphatic carbocycles. The molecular weight excluding hydrogens is 446 g/mol. The number of carboxylic acid groups (broad SMARTS) is 1. The van der Waals surface area contributed by atoms with Gasteiger partial charge in [-0.2, -0.15) is 0 Å². The second-order valence-electron chi connectivity index (χ2n) is 9.07. The number of ether oxygens (including phenoxy) is 1. The van der Waals surface area contributed by atoms with E-state index in [1.54, 1.807) is 0 Å². The minimum absolute atomic E-state index is 0.0622. The predicted molar refractivity (Wildman–Crippen MR) is 117 cm³/mol. The fourth-order valence-corrected chi connectivity index (χ4v) is 5.18. The summed E-state index contributed by atoms with van der Waals surface area (Å²) >= 11 is 0. The van der Waals surface area contributed by atoms with Gasteiger partial charge in [-0.1, -0.05) is 48.5 Å². The molecule has 5 rings (SSSR count). The van der Waals surface area contributed by atoms with Gasteiger partial charge in [-0.3, -0.25) is 9.59 Å². The first kappa shape index (κ1) is 22.3. The molecule has 2 aromatic carbocycles. The van der Waals surface area contributed by atoms with E-state index >= 15 is 0 Å². The Morgan fingerprint density at radius 3 is 2.26 bits per heavy atom. The second-order valence-corrected chi connectivity index (χ2v) is 9.07. The smallest absolute Gasteiger partial charge is 0.407 e. The van der Waals surface area contributed by atoms with Crippen molar-refractivity contribution < 1.29 is 33.0 Å². The number of alkyl carbamates (subject to hydrolysis) is 1. The van der Waals surface area contributed by atoms with Gasteiger partial charge < -0.3 is 20.1 Å². The summed E-state index contributed by atoms with van der Waals surface area (Å²) in [6.45, 7) is -0.244. The number of likely N-dealkylation sites (tertiary alicyclic amines) is 1. The number of carbonyl (C=O) groups excluding carboxylic acids is 2. The lowest BCUT2D eigenvalue weighted by Crippen LogP contribution is -2.33. The van der Waals surface area contributed by atoms with Crippen LogP contribution in [0.15, 0.2) is 48.5 Å². The number of carboxylic acids is 1. The van der Waals surface area contributed by atoms with Crippen LogP contribution in [0.3, 0.4) is 0 Å². The first-order chi connectivity index (χ1) is 16.3. The van der Waals surface area contributed by atoms with Crippen LogP contribution in [0, 0.1) is 17.8 Å². The Labute approximate surface area is 194 Å². The molecule has 2 aromatic rings. The van der Waals surface area contributed by atoms with Gasteiger partial charge in [0.2, 0.25) is 5.91 Å². The highest BCUT2D eigenvalue weighted by molar-refractivity contribution is 5.85. The summed E-state index contributed by atoms with van der Waals surface area (Å²) in [7, 11) is 0. The average Bonchev–Trinajstić information content (AvgIpc) is 3.18. The number of nitrogens with zero attached hydrogens (tertiary/aromatic N) is 1. The predicted octanol–water partition coefficient (Wildman–Crippen LogP) is 3.34. The molecule has 0 aromatic heterocycles. The van der Waals surface area contributed by atoms with Crippen LogP contribution in [-0.4, -0.2) is 60.1 Å². The van der Waals surface area contributed by atoms with Crippen LogP contribution in [0.25, 0.3) is 11.1 Å². The van der Waals surface area contributed by atoms with Gasteiger partial charge in [0.1, 0.15) is 12.5 Å². The first-order valence-corrected chi connectivity index (χ1v) is 11.3. The molecule has 2 N–H and O–H groups in total. The van der Waals surface area contributed by atoms with Crippen molar-refractivity contribution in [3.63, 3.8) is 0 Å². The largest absolute Gasteiger partial charge is 0.481 e. The van der Waals surface area contributed by atoms with E-state index < -0.39 is 48.2 Å². The number of nitrogens with one attached hydrogen (secondary N) is 1. The molecule has 2 fully saturated rings. The summed E-state index contributed by atoms with van der Waals surface area (Å²) in [5.41, 5.74) is 4.25. The zero-order chi connectivity index (χ0) is 24.0. The van der Waals surface area contributed by atoms with Crippen LogP contribution < -0.4 is 5.32 Å². The van der Waals surface area contributed by atoms with Crippen LogP contribution in [0.1, 0.15) is 23.5 Å². The normalized spacial score (nSPS) is 24.3. The van der Waals surface area contributed by atoms with Crippen molar-refractivity contribution in [2.75, 3.05) is 26.2 Å². The molecule has 0 spiro atoms. The van der Waals surface area contributed by atoms with Crippen LogP contribution in [0.4, 0.5) is 13.6 Å². The number of alkyl halides is 2. The van der Waals surface area contributed by atoms with Gasteiger partial charge in [0.25, 0.3) is 5.92 Å². The van der Waals surface area contributed by atoms with Crippen LogP contribution in [0.2, 0.25) is 0 Å². The Hall–Kier alpha value is -3.49. The molecule has 1 saturated heterocycles. The summed E-state index contributed by atoms with van der Waals surface area (Å²) < 4.78 is 33.9. The van der Waals surface area contributed by atoms with Crippen molar-refractivity contribution in [2.24, 2.45) is 17.8 Å². The van der Waals surface area contributed by atoms with E-state index in [0.29, 0.717) is 0 Å². The number of aliphatic carboxylic acids is 1. The molecule has 1 heterocycles. The quantitative estimate of drug-likeness (QED) is 0.675. The maximum atomic E-state index is 14.3. The summed E-state index contributed by atoms with van der Waals surface area (Å²) in [5, 5.41) is 11.4. The van der Waals surface area contributed by atoms with E-state index in [9.17, 15) is 23.2 Å². The van der Waals surface area contributed by atoms with E-state index in [2.05, 4.69) is 5.32 Å². The number of amides is 2. The molecule has 0 bridgehead atoms. The Balaban J connectivity index is 1.15. The third kappa shape index (κ3) is 3.78. The summed E-state index contributed by atoms with van der Waals surface area (Å²) in [6.07, 6.45) is -0.565. The standard InChI is InChI=1S/C25H24F2N2O5/c26-25(27)20(21(25)22(30)29-10-9-14(12-29)23(31)32)11-28-24(33)34-13-19-17-7-3-1-5-15(17)16-6-2-4-8-18(16)19/h1-8,14,19-21H,9-13H2,(H,28,33)(H,31,32). The van der Waals surface area contributed by atoms with Crippen molar-refractivity contribution in [3.8, 4) is 11.1 Å².